The minimum absolute atomic E-state index is 0.322. The third-order valence-electron chi connectivity index (χ3n) is 3.88. The molecule has 0 bridgehead atoms. The summed E-state index contributed by atoms with van der Waals surface area (Å²) in [5.74, 6) is 1.26. The Kier molecular flexibility index (Phi) is 3.22. The van der Waals surface area contributed by atoms with E-state index >= 15 is 0 Å². The Morgan fingerprint density at radius 1 is 1.07 bits per heavy atom. The highest BCUT2D eigenvalue weighted by atomic mass is 16.5. The van der Waals surface area contributed by atoms with Gasteiger partial charge >= 0.3 is 0 Å². The van der Waals surface area contributed by atoms with Crippen molar-refractivity contribution in [1.29, 1.82) is 0 Å². The van der Waals surface area contributed by atoms with E-state index in [1.54, 1.807) is 7.11 Å². The first-order chi connectivity index (χ1) is 6.81. The molecule has 2 aliphatic rings. The Bertz CT molecular complexity index is 206. The van der Waals surface area contributed by atoms with Gasteiger partial charge in [0.05, 0.1) is 6.10 Å². The van der Waals surface area contributed by atoms with Crippen LogP contribution in [-0.2, 0) is 9.53 Å². The quantitative estimate of drug-likeness (QED) is 0.693. The summed E-state index contributed by atoms with van der Waals surface area (Å²) < 4.78 is 5.30. The van der Waals surface area contributed by atoms with E-state index in [-0.39, 0.29) is 0 Å². The van der Waals surface area contributed by atoms with E-state index in [0.717, 1.165) is 32.1 Å². The summed E-state index contributed by atoms with van der Waals surface area (Å²) in [6.45, 7) is 0. The molecule has 0 aromatic carbocycles. The lowest BCUT2D eigenvalue weighted by Crippen LogP contribution is -2.20. The number of hydrogen-bond acceptors (Lipinski definition) is 2. The number of ketones is 1. The van der Waals surface area contributed by atoms with Crippen molar-refractivity contribution in [3.05, 3.63) is 0 Å². The second-order valence-corrected chi connectivity index (χ2v) is 4.75. The van der Waals surface area contributed by atoms with E-state index in [1.807, 2.05) is 0 Å². The summed E-state index contributed by atoms with van der Waals surface area (Å²) in [6.07, 6.45) is 8.29. The van der Waals surface area contributed by atoms with Crippen molar-refractivity contribution in [2.45, 2.75) is 51.0 Å². The highest BCUT2D eigenvalue weighted by Gasteiger charge is 2.34. The van der Waals surface area contributed by atoms with Gasteiger partial charge in [-0.15, -0.1) is 0 Å². The lowest BCUT2D eigenvalue weighted by Gasteiger charge is -2.14. The molecule has 2 saturated carbocycles. The van der Waals surface area contributed by atoms with Gasteiger partial charge in [0.2, 0.25) is 0 Å². The van der Waals surface area contributed by atoms with E-state index < -0.39 is 0 Å². The Hall–Kier alpha value is -0.370. The van der Waals surface area contributed by atoms with Gasteiger partial charge in [-0.25, -0.2) is 0 Å². The number of ether oxygens (including phenoxy) is 1. The smallest absolute Gasteiger partial charge is 0.139 e. The summed E-state index contributed by atoms with van der Waals surface area (Å²) in [6, 6.07) is 0. The number of methoxy groups -OCH3 is 1. The van der Waals surface area contributed by atoms with Gasteiger partial charge in [-0.2, -0.15) is 0 Å². The van der Waals surface area contributed by atoms with Crippen LogP contribution in [0.5, 0.6) is 0 Å². The topological polar surface area (TPSA) is 26.3 Å². The zero-order valence-electron chi connectivity index (χ0n) is 9.00. The van der Waals surface area contributed by atoms with Gasteiger partial charge in [0.1, 0.15) is 5.78 Å². The Labute approximate surface area is 86.0 Å². The summed E-state index contributed by atoms with van der Waals surface area (Å²) in [7, 11) is 1.76. The molecule has 0 N–H and O–H groups in total. The van der Waals surface area contributed by atoms with Crippen LogP contribution in [0, 0.1) is 11.8 Å². The lowest BCUT2D eigenvalue weighted by molar-refractivity contribution is -0.126. The van der Waals surface area contributed by atoms with Gasteiger partial charge in [-0.05, 0) is 32.1 Å². The third-order valence-corrected chi connectivity index (χ3v) is 3.88. The maximum absolute atomic E-state index is 12.1. The van der Waals surface area contributed by atoms with Gasteiger partial charge in [0, 0.05) is 18.9 Å². The monoisotopic (exact) mass is 196 g/mol. The molecule has 0 aromatic rings. The maximum Gasteiger partial charge on any atom is 0.139 e. The second-order valence-electron chi connectivity index (χ2n) is 4.75. The molecule has 0 saturated heterocycles. The predicted octanol–water partition coefficient (Wildman–Crippen LogP) is 2.56. The number of carbonyl (C=O) groups excluding carboxylic acids is 1. The molecule has 80 valence electrons. The molecule has 2 heteroatoms. The molecule has 14 heavy (non-hydrogen) atoms. The molecule has 2 unspecified atom stereocenters. The van der Waals surface area contributed by atoms with Gasteiger partial charge in [-0.3, -0.25) is 4.79 Å². The molecule has 0 heterocycles. The standard InChI is InChI=1S/C12H20O2/c1-14-11-7-6-10(8-11)12(13)9-4-2-3-5-9/h9-11H,2-8H2,1H3. The van der Waals surface area contributed by atoms with Crippen molar-refractivity contribution < 1.29 is 9.53 Å². The molecule has 2 aliphatic carbocycles. The van der Waals surface area contributed by atoms with Crippen LogP contribution in [0.4, 0.5) is 0 Å². The van der Waals surface area contributed by atoms with E-state index in [2.05, 4.69) is 0 Å². The molecule has 0 aromatic heterocycles. The molecular weight excluding hydrogens is 176 g/mol. The van der Waals surface area contributed by atoms with Crippen molar-refractivity contribution in [3.8, 4) is 0 Å². The van der Waals surface area contributed by atoms with Crippen LogP contribution in [0.2, 0.25) is 0 Å². The minimum Gasteiger partial charge on any atom is -0.381 e. The van der Waals surface area contributed by atoms with Gasteiger partial charge in [0.25, 0.3) is 0 Å². The first-order valence-electron chi connectivity index (χ1n) is 5.87. The van der Waals surface area contributed by atoms with E-state index in [9.17, 15) is 4.79 Å². The summed E-state index contributed by atoms with van der Waals surface area (Å²) >= 11 is 0. The molecule has 0 amide bonds. The van der Waals surface area contributed by atoms with E-state index in [4.69, 9.17) is 4.74 Å². The van der Waals surface area contributed by atoms with Crippen LogP contribution in [0.25, 0.3) is 0 Å². The molecular formula is C12H20O2. The third kappa shape index (κ3) is 2.00. The van der Waals surface area contributed by atoms with Crippen molar-refractivity contribution in [2.24, 2.45) is 11.8 Å². The van der Waals surface area contributed by atoms with Crippen LogP contribution in [0.1, 0.15) is 44.9 Å². The number of hydrogen-bond donors (Lipinski definition) is 0. The van der Waals surface area contributed by atoms with Crippen molar-refractivity contribution in [1.82, 2.24) is 0 Å². The van der Waals surface area contributed by atoms with Crippen LogP contribution in [0.15, 0.2) is 0 Å². The van der Waals surface area contributed by atoms with Crippen molar-refractivity contribution in [2.75, 3.05) is 7.11 Å². The summed E-state index contributed by atoms with van der Waals surface area (Å²) in [5, 5.41) is 0. The fraction of sp³-hybridized carbons (Fsp3) is 0.917. The van der Waals surface area contributed by atoms with Crippen LogP contribution in [-0.4, -0.2) is 19.0 Å². The second kappa shape index (κ2) is 4.43. The zero-order chi connectivity index (χ0) is 9.97. The first-order valence-corrected chi connectivity index (χ1v) is 5.87. The lowest BCUT2D eigenvalue weighted by atomic mass is 9.90. The number of Topliss-reactive ketones (excluding diaryl/α,β-unsaturated/α-hetero) is 1. The highest BCUT2D eigenvalue weighted by Crippen LogP contribution is 2.35. The average molecular weight is 196 g/mol. The molecule has 0 spiro atoms. The van der Waals surface area contributed by atoms with Gasteiger partial charge in [-0.1, -0.05) is 12.8 Å². The molecule has 0 aliphatic heterocycles. The highest BCUT2D eigenvalue weighted by molar-refractivity contribution is 5.83. The molecule has 2 rings (SSSR count). The Morgan fingerprint density at radius 2 is 1.79 bits per heavy atom. The normalized spacial score (nSPS) is 33.8. The van der Waals surface area contributed by atoms with E-state index in [1.165, 1.54) is 12.8 Å². The number of rotatable bonds is 3. The summed E-state index contributed by atoms with van der Waals surface area (Å²) in [5.41, 5.74) is 0. The number of carbonyl (C=O) groups is 1. The SMILES string of the molecule is COC1CCC(C(=O)C2CCCC2)C1. The van der Waals surface area contributed by atoms with E-state index in [0.29, 0.717) is 23.7 Å². The largest absolute Gasteiger partial charge is 0.381 e. The van der Waals surface area contributed by atoms with Crippen LogP contribution < -0.4 is 0 Å². The molecule has 2 fully saturated rings. The molecule has 0 radical (unpaired) electrons. The summed E-state index contributed by atoms with van der Waals surface area (Å²) in [4.78, 5) is 12.1. The fourth-order valence-corrected chi connectivity index (χ4v) is 2.96. The molecule has 2 nitrogen and oxygen atoms in total. The van der Waals surface area contributed by atoms with Gasteiger partial charge < -0.3 is 4.74 Å². The van der Waals surface area contributed by atoms with Crippen LogP contribution >= 0.6 is 0 Å². The maximum atomic E-state index is 12.1. The zero-order valence-corrected chi connectivity index (χ0v) is 9.00. The fourth-order valence-electron chi connectivity index (χ4n) is 2.96. The van der Waals surface area contributed by atoms with Crippen molar-refractivity contribution in [3.63, 3.8) is 0 Å². The minimum atomic E-state index is 0.322. The molecule has 2 atom stereocenters. The Morgan fingerprint density at radius 3 is 2.36 bits per heavy atom. The first kappa shape index (κ1) is 10.2. The Balaban J connectivity index is 1.86. The van der Waals surface area contributed by atoms with Crippen LogP contribution in [0.3, 0.4) is 0 Å². The predicted molar refractivity (Wildman–Crippen MR) is 55.1 cm³/mol. The average Bonchev–Trinajstić information content (AvgIpc) is 2.88. The van der Waals surface area contributed by atoms with Crippen molar-refractivity contribution >= 4 is 5.78 Å². The van der Waals surface area contributed by atoms with Gasteiger partial charge in [0.15, 0.2) is 0 Å².